The first-order valence-electron chi connectivity index (χ1n) is 11.4. The molecule has 1 fully saturated rings. The number of halogens is 1. The van der Waals surface area contributed by atoms with E-state index < -0.39 is 22.6 Å². The third kappa shape index (κ3) is 6.01. The Morgan fingerprint density at radius 1 is 1.14 bits per heavy atom. The van der Waals surface area contributed by atoms with Gasteiger partial charge in [0.05, 0.1) is 27.8 Å². The molecule has 1 aliphatic heterocycles. The molecule has 1 aromatic heterocycles. The number of ether oxygens (including phenoxy) is 1. The molecule has 0 atom stereocenters. The van der Waals surface area contributed by atoms with Crippen LogP contribution in [0.3, 0.4) is 0 Å². The highest BCUT2D eigenvalue weighted by atomic mass is 35.5. The Morgan fingerprint density at radius 2 is 1.86 bits per heavy atom. The van der Waals surface area contributed by atoms with E-state index in [1.807, 2.05) is 18.2 Å². The highest BCUT2D eigenvalue weighted by Gasteiger charge is 2.32. The summed E-state index contributed by atoms with van der Waals surface area (Å²) in [6, 6.07) is 16.0. The zero-order valence-corrected chi connectivity index (χ0v) is 21.8. The number of hydrogen-bond donors (Lipinski definition) is 3. The highest BCUT2D eigenvalue weighted by molar-refractivity contribution is 7.92. The Morgan fingerprint density at radius 3 is 2.53 bits per heavy atom. The van der Waals surface area contributed by atoms with Crippen LogP contribution in [-0.2, 0) is 27.2 Å². The molecule has 2 heterocycles. The van der Waals surface area contributed by atoms with Crippen molar-refractivity contribution in [1.82, 2.24) is 5.32 Å². The minimum atomic E-state index is -3.72. The maximum atomic E-state index is 13.7. The van der Waals surface area contributed by atoms with Crippen LogP contribution in [0.2, 0.25) is 5.02 Å². The van der Waals surface area contributed by atoms with E-state index in [1.165, 1.54) is 15.6 Å². The fraction of sp³-hybridized carbons (Fsp3) is 0.320. The second kappa shape index (κ2) is 11.6. The molecule has 2 aromatic carbocycles. The largest absolute Gasteiger partial charge is 0.479 e. The number of anilines is 1. The van der Waals surface area contributed by atoms with Crippen molar-refractivity contribution in [3.8, 4) is 16.2 Å². The molecule has 0 aliphatic carbocycles. The summed E-state index contributed by atoms with van der Waals surface area (Å²) in [5.41, 5.74) is 1.89. The predicted molar refractivity (Wildman–Crippen MR) is 141 cm³/mol. The molecule has 1 aliphatic rings. The van der Waals surface area contributed by atoms with Crippen LogP contribution < -0.4 is 14.4 Å². The number of carboxylic acid groups (broad SMARTS) is 1. The highest BCUT2D eigenvalue weighted by Crippen LogP contribution is 2.46. The molecule has 0 saturated carbocycles. The van der Waals surface area contributed by atoms with Crippen LogP contribution in [0.4, 0.5) is 5.69 Å². The maximum absolute atomic E-state index is 13.7. The third-order valence-electron chi connectivity index (χ3n) is 5.86. The van der Waals surface area contributed by atoms with Gasteiger partial charge in [0.15, 0.2) is 12.4 Å². The van der Waals surface area contributed by atoms with E-state index >= 15 is 0 Å². The molecule has 36 heavy (non-hydrogen) atoms. The number of carbonyl (C=O) groups is 1. The Kier molecular flexibility index (Phi) is 8.53. The molecule has 0 spiro atoms. The number of carboxylic acids is 1. The third-order valence-corrected chi connectivity index (χ3v) is 9.34. The van der Waals surface area contributed by atoms with Crippen LogP contribution in [-0.4, -0.2) is 50.3 Å². The average molecular weight is 551 g/mol. The summed E-state index contributed by atoms with van der Waals surface area (Å²) < 4.78 is 34.3. The van der Waals surface area contributed by atoms with E-state index in [0.717, 1.165) is 13.1 Å². The van der Waals surface area contributed by atoms with Crippen molar-refractivity contribution in [2.45, 2.75) is 31.2 Å². The quantitative estimate of drug-likeness (QED) is 0.348. The Hall–Kier alpha value is -2.63. The molecule has 8 nitrogen and oxygen atoms in total. The molecule has 3 aromatic rings. The molecule has 0 amide bonds. The van der Waals surface area contributed by atoms with Gasteiger partial charge in [-0.3, -0.25) is 4.31 Å². The molecule has 3 N–H and O–H groups in total. The molecule has 1 saturated heterocycles. The number of aliphatic hydroxyl groups excluding tert-OH is 1. The molecular formula is C25H27ClN2O6S2. The van der Waals surface area contributed by atoms with Gasteiger partial charge in [0.1, 0.15) is 5.02 Å². The van der Waals surface area contributed by atoms with Gasteiger partial charge < -0.3 is 20.3 Å². The second-order valence-electron chi connectivity index (χ2n) is 8.41. The summed E-state index contributed by atoms with van der Waals surface area (Å²) in [6.07, 6.45) is 1.36. The van der Waals surface area contributed by atoms with Crippen LogP contribution >= 0.6 is 22.9 Å². The smallest absolute Gasteiger partial charge is 0.341 e. The standard InChI is InChI=1S/C25H27ClN2O6S2/c26-23-24(34-15-22(30)31)21(14-29)35-25(23)18-7-4-8-20(13-18)28(19-9-11-27-12-10-19)36(32,33)16-17-5-2-1-3-6-17/h1-8,13,19,27,29H,9-12,14-16H2,(H,30,31). The zero-order chi connectivity index (χ0) is 25.7. The Labute approximate surface area is 219 Å². The maximum Gasteiger partial charge on any atom is 0.341 e. The van der Waals surface area contributed by atoms with Gasteiger partial charge in [0.25, 0.3) is 0 Å². The van der Waals surface area contributed by atoms with E-state index in [9.17, 15) is 18.3 Å². The molecule has 11 heteroatoms. The number of aliphatic carboxylic acids is 1. The van der Waals surface area contributed by atoms with E-state index in [1.54, 1.807) is 36.4 Å². The van der Waals surface area contributed by atoms with Gasteiger partial charge in [0, 0.05) is 6.04 Å². The lowest BCUT2D eigenvalue weighted by Gasteiger charge is -2.35. The Balaban J connectivity index is 1.74. The summed E-state index contributed by atoms with van der Waals surface area (Å²) in [6.45, 7) is 0.487. The van der Waals surface area contributed by atoms with Gasteiger partial charge in [-0.05, 0) is 49.2 Å². The SMILES string of the molecule is O=C(O)COc1c(CO)sc(-c2cccc(N(C3CCNCC3)S(=O)(=O)Cc3ccccc3)c2)c1Cl. The van der Waals surface area contributed by atoms with Crippen molar-refractivity contribution in [2.24, 2.45) is 0 Å². The number of nitrogens with one attached hydrogen (secondary N) is 1. The van der Waals surface area contributed by atoms with Crippen LogP contribution in [0.1, 0.15) is 23.3 Å². The zero-order valence-electron chi connectivity index (χ0n) is 19.4. The van der Waals surface area contributed by atoms with Gasteiger partial charge in [0.2, 0.25) is 10.0 Å². The van der Waals surface area contributed by atoms with Gasteiger partial charge in [-0.2, -0.15) is 0 Å². The first-order valence-corrected chi connectivity index (χ1v) is 14.2. The Bertz CT molecular complexity index is 1310. The van der Waals surface area contributed by atoms with Crippen molar-refractivity contribution in [2.75, 3.05) is 24.0 Å². The van der Waals surface area contributed by atoms with Gasteiger partial charge >= 0.3 is 5.97 Å². The van der Waals surface area contributed by atoms with Crippen molar-refractivity contribution in [3.05, 3.63) is 70.1 Å². The van der Waals surface area contributed by atoms with Crippen molar-refractivity contribution < 1.29 is 28.2 Å². The van der Waals surface area contributed by atoms with Crippen LogP contribution in [0.5, 0.6) is 5.75 Å². The minimum absolute atomic E-state index is 0.121. The molecule has 4 rings (SSSR count). The van der Waals surface area contributed by atoms with Gasteiger partial charge in [-0.25, -0.2) is 13.2 Å². The summed E-state index contributed by atoms with van der Waals surface area (Å²) >= 11 is 7.72. The molecule has 0 bridgehead atoms. The topological polar surface area (TPSA) is 116 Å². The number of sulfonamides is 1. The van der Waals surface area contributed by atoms with E-state index in [4.69, 9.17) is 21.4 Å². The van der Waals surface area contributed by atoms with Crippen molar-refractivity contribution >= 4 is 44.6 Å². The normalized spacial score (nSPS) is 14.5. The lowest BCUT2D eigenvalue weighted by Crippen LogP contribution is -2.46. The lowest BCUT2D eigenvalue weighted by atomic mass is 10.1. The number of hydrogen-bond acceptors (Lipinski definition) is 7. The lowest BCUT2D eigenvalue weighted by molar-refractivity contribution is -0.139. The van der Waals surface area contributed by atoms with Crippen LogP contribution in [0.25, 0.3) is 10.4 Å². The fourth-order valence-corrected chi connectivity index (χ4v) is 7.58. The predicted octanol–water partition coefficient (Wildman–Crippen LogP) is 4.11. The number of aliphatic hydroxyl groups is 1. The monoisotopic (exact) mass is 550 g/mol. The molecule has 0 unspecified atom stereocenters. The van der Waals surface area contributed by atoms with Crippen LogP contribution in [0, 0.1) is 0 Å². The van der Waals surface area contributed by atoms with Gasteiger partial charge in [-0.1, -0.05) is 54.1 Å². The number of rotatable bonds is 10. The molecule has 192 valence electrons. The fourth-order valence-electron chi connectivity index (χ4n) is 4.29. The number of benzene rings is 2. The summed E-state index contributed by atoms with van der Waals surface area (Å²) in [4.78, 5) is 11.9. The molecule has 0 radical (unpaired) electrons. The summed E-state index contributed by atoms with van der Waals surface area (Å²) in [5, 5.41) is 22.2. The van der Waals surface area contributed by atoms with E-state index in [-0.39, 0.29) is 29.2 Å². The summed E-state index contributed by atoms with van der Waals surface area (Å²) in [5.74, 6) is -1.16. The number of piperidine rings is 1. The first-order chi connectivity index (χ1) is 17.3. The second-order valence-corrected chi connectivity index (χ2v) is 11.7. The van der Waals surface area contributed by atoms with E-state index in [0.29, 0.717) is 39.4 Å². The number of thiophene rings is 1. The minimum Gasteiger partial charge on any atom is -0.479 e. The van der Waals surface area contributed by atoms with E-state index in [2.05, 4.69) is 5.32 Å². The van der Waals surface area contributed by atoms with Gasteiger partial charge in [-0.15, -0.1) is 11.3 Å². The van der Waals surface area contributed by atoms with Crippen LogP contribution in [0.15, 0.2) is 54.6 Å². The molecular weight excluding hydrogens is 524 g/mol. The van der Waals surface area contributed by atoms with Crippen molar-refractivity contribution in [1.29, 1.82) is 0 Å². The first kappa shape index (κ1) is 26.4. The van der Waals surface area contributed by atoms with Crippen molar-refractivity contribution in [3.63, 3.8) is 0 Å². The summed E-state index contributed by atoms with van der Waals surface area (Å²) in [7, 11) is -3.72. The average Bonchev–Trinajstić information content (AvgIpc) is 3.19. The number of nitrogens with zero attached hydrogens (tertiary/aromatic N) is 1.